The van der Waals surface area contributed by atoms with Crippen LogP contribution in [0.15, 0.2) is 36.4 Å². The molecule has 0 aliphatic carbocycles. The van der Waals surface area contributed by atoms with Gasteiger partial charge in [0.05, 0.1) is 16.2 Å². The number of halogens is 1. The first-order valence-electron chi connectivity index (χ1n) is 6.98. The molecule has 8 nitrogen and oxygen atoms in total. The van der Waals surface area contributed by atoms with Gasteiger partial charge in [0.1, 0.15) is 0 Å². The number of hydrogen-bond donors (Lipinski definition) is 2. The Balaban J connectivity index is 2.11. The highest BCUT2D eigenvalue weighted by Gasteiger charge is 2.17. The predicted octanol–water partition coefficient (Wildman–Crippen LogP) is 3.27. The smallest absolute Gasteiger partial charge is 0.337 e. The van der Waals surface area contributed by atoms with Crippen molar-refractivity contribution in [3.63, 3.8) is 0 Å². The number of carboxylic acids is 1. The van der Waals surface area contributed by atoms with Crippen LogP contribution in [-0.2, 0) is 4.79 Å². The van der Waals surface area contributed by atoms with Gasteiger partial charge in [-0.25, -0.2) is 4.79 Å². The molecule has 25 heavy (non-hydrogen) atoms. The van der Waals surface area contributed by atoms with Gasteiger partial charge in [0, 0.05) is 11.1 Å². The molecule has 2 aromatic carbocycles. The molecule has 0 aliphatic heterocycles. The number of carbonyl (C=O) groups excluding carboxylic acids is 1. The van der Waals surface area contributed by atoms with Crippen molar-refractivity contribution in [2.45, 2.75) is 6.92 Å². The average Bonchev–Trinajstić information content (AvgIpc) is 2.53. The summed E-state index contributed by atoms with van der Waals surface area (Å²) in [6.07, 6.45) is 0. The predicted molar refractivity (Wildman–Crippen MR) is 90.4 cm³/mol. The lowest BCUT2D eigenvalue weighted by Gasteiger charge is -2.10. The van der Waals surface area contributed by atoms with Crippen LogP contribution >= 0.6 is 11.6 Å². The summed E-state index contributed by atoms with van der Waals surface area (Å²) in [5, 5.41) is 22.7. The van der Waals surface area contributed by atoms with Gasteiger partial charge in [-0.2, -0.15) is 0 Å². The Labute approximate surface area is 147 Å². The fourth-order valence-corrected chi connectivity index (χ4v) is 2.20. The molecule has 2 N–H and O–H groups in total. The highest BCUT2D eigenvalue weighted by atomic mass is 35.5. The molecule has 2 rings (SSSR count). The first-order valence-corrected chi connectivity index (χ1v) is 7.36. The summed E-state index contributed by atoms with van der Waals surface area (Å²) in [6.45, 7) is 1.16. The normalized spacial score (nSPS) is 10.2. The van der Waals surface area contributed by atoms with Gasteiger partial charge in [0.25, 0.3) is 5.91 Å². The number of nitro groups is 1. The van der Waals surface area contributed by atoms with Crippen LogP contribution in [0.3, 0.4) is 0 Å². The molecule has 0 aliphatic rings. The van der Waals surface area contributed by atoms with Crippen LogP contribution in [0, 0.1) is 17.0 Å². The first kappa shape index (κ1) is 18.2. The second kappa shape index (κ2) is 7.63. The zero-order valence-electron chi connectivity index (χ0n) is 13.0. The topological polar surface area (TPSA) is 119 Å². The Hall–Kier alpha value is -3.13. The van der Waals surface area contributed by atoms with Crippen molar-refractivity contribution >= 4 is 34.9 Å². The summed E-state index contributed by atoms with van der Waals surface area (Å²) in [7, 11) is 0. The van der Waals surface area contributed by atoms with E-state index in [2.05, 4.69) is 5.32 Å². The van der Waals surface area contributed by atoms with E-state index in [-0.39, 0.29) is 27.7 Å². The van der Waals surface area contributed by atoms with Crippen molar-refractivity contribution in [3.8, 4) is 5.75 Å². The molecular formula is C16H13ClN2O6. The minimum Gasteiger partial charge on any atom is -0.478 e. The van der Waals surface area contributed by atoms with Gasteiger partial charge in [-0.1, -0.05) is 17.7 Å². The molecule has 0 radical (unpaired) electrons. The van der Waals surface area contributed by atoms with Crippen LogP contribution in [0.5, 0.6) is 5.75 Å². The zero-order chi connectivity index (χ0) is 18.6. The lowest BCUT2D eigenvalue weighted by molar-refractivity contribution is -0.385. The van der Waals surface area contributed by atoms with E-state index in [4.69, 9.17) is 21.4 Å². The molecule has 0 saturated heterocycles. The van der Waals surface area contributed by atoms with E-state index in [9.17, 15) is 19.7 Å². The Morgan fingerprint density at radius 2 is 2.00 bits per heavy atom. The summed E-state index contributed by atoms with van der Waals surface area (Å²) >= 11 is 5.80. The fraction of sp³-hybridized carbons (Fsp3) is 0.125. The first-order chi connectivity index (χ1) is 11.8. The number of rotatable bonds is 6. The van der Waals surface area contributed by atoms with E-state index in [0.29, 0.717) is 5.56 Å². The molecule has 0 spiro atoms. The monoisotopic (exact) mass is 364 g/mol. The standard InChI is InChI=1S/C16H13ClN2O6/c1-9-2-5-14(13(6-9)19(23)24)25-8-15(20)18-12-7-10(17)3-4-11(12)16(21)22/h2-7H,8H2,1H3,(H,18,20)(H,21,22). The third-order valence-electron chi connectivity index (χ3n) is 3.16. The number of carbonyl (C=O) groups is 2. The summed E-state index contributed by atoms with van der Waals surface area (Å²) in [6, 6.07) is 8.26. The maximum atomic E-state index is 12.0. The number of aromatic carboxylic acids is 1. The van der Waals surface area contributed by atoms with Gasteiger partial charge < -0.3 is 15.2 Å². The van der Waals surface area contributed by atoms with Gasteiger partial charge in [-0.15, -0.1) is 0 Å². The molecule has 2 aromatic rings. The maximum Gasteiger partial charge on any atom is 0.337 e. The van der Waals surface area contributed by atoms with Crippen LogP contribution in [0.25, 0.3) is 0 Å². The lowest BCUT2D eigenvalue weighted by atomic mass is 10.2. The third-order valence-corrected chi connectivity index (χ3v) is 3.39. The minimum absolute atomic E-state index is 0.00649. The van der Waals surface area contributed by atoms with Crippen molar-refractivity contribution < 1.29 is 24.4 Å². The molecule has 0 heterocycles. The van der Waals surface area contributed by atoms with Crippen LogP contribution in [0.4, 0.5) is 11.4 Å². The fourth-order valence-electron chi connectivity index (χ4n) is 2.03. The highest BCUT2D eigenvalue weighted by Crippen LogP contribution is 2.28. The maximum absolute atomic E-state index is 12.0. The minimum atomic E-state index is -1.23. The quantitative estimate of drug-likeness (QED) is 0.599. The molecule has 0 unspecified atom stereocenters. The van der Waals surface area contributed by atoms with Gasteiger partial charge in [0.2, 0.25) is 0 Å². The van der Waals surface area contributed by atoms with Crippen molar-refractivity contribution in [1.29, 1.82) is 0 Å². The van der Waals surface area contributed by atoms with E-state index < -0.39 is 23.4 Å². The number of aryl methyl sites for hydroxylation is 1. The van der Waals surface area contributed by atoms with Crippen molar-refractivity contribution in [2.75, 3.05) is 11.9 Å². The molecule has 1 amide bonds. The third kappa shape index (κ3) is 4.67. The lowest BCUT2D eigenvalue weighted by Crippen LogP contribution is -2.21. The molecule has 0 aromatic heterocycles. The summed E-state index contributed by atoms with van der Waals surface area (Å²) < 4.78 is 5.18. The van der Waals surface area contributed by atoms with Gasteiger partial charge >= 0.3 is 11.7 Å². The van der Waals surface area contributed by atoms with E-state index in [1.54, 1.807) is 13.0 Å². The second-order valence-corrected chi connectivity index (χ2v) is 5.50. The van der Waals surface area contributed by atoms with Crippen molar-refractivity contribution in [3.05, 3.63) is 62.7 Å². The molecule has 9 heteroatoms. The number of hydrogen-bond acceptors (Lipinski definition) is 5. The molecule has 0 fully saturated rings. The number of nitrogens with zero attached hydrogens (tertiary/aromatic N) is 1. The Kier molecular flexibility index (Phi) is 5.56. The summed E-state index contributed by atoms with van der Waals surface area (Å²) in [4.78, 5) is 33.5. The zero-order valence-corrected chi connectivity index (χ0v) is 13.7. The van der Waals surface area contributed by atoms with Crippen LogP contribution in [0.1, 0.15) is 15.9 Å². The van der Waals surface area contributed by atoms with Gasteiger partial charge in [-0.3, -0.25) is 14.9 Å². The molecular weight excluding hydrogens is 352 g/mol. The number of ether oxygens (including phenoxy) is 1. The second-order valence-electron chi connectivity index (χ2n) is 5.06. The summed E-state index contributed by atoms with van der Waals surface area (Å²) in [5.41, 5.74) is 0.279. The van der Waals surface area contributed by atoms with Crippen LogP contribution < -0.4 is 10.1 Å². The number of benzene rings is 2. The van der Waals surface area contributed by atoms with E-state index >= 15 is 0 Å². The average molecular weight is 365 g/mol. The number of nitro benzene ring substituents is 1. The van der Waals surface area contributed by atoms with E-state index in [0.717, 1.165) is 0 Å². The SMILES string of the molecule is Cc1ccc(OCC(=O)Nc2cc(Cl)ccc2C(=O)O)c([N+](=O)[O-])c1. The van der Waals surface area contributed by atoms with Crippen molar-refractivity contribution in [2.24, 2.45) is 0 Å². The Bertz CT molecular complexity index is 853. The van der Waals surface area contributed by atoms with E-state index in [1.165, 1.54) is 30.3 Å². The summed E-state index contributed by atoms with van der Waals surface area (Å²) in [5.74, 6) is -1.98. The van der Waals surface area contributed by atoms with Crippen molar-refractivity contribution in [1.82, 2.24) is 0 Å². The van der Waals surface area contributed by atoms with Crippen LogP contribution in [-0.4, -0.2) is 28.5 Å². The number of amides is 1. The number of anilines is 1. The number of carboxylic acid groups (broad SMARTS) is 1. The van der Waals surface area contributed by atoms with Gasteiger partial charge in [0.15, 0.2) is 12.4 Å². The molecule has 130 valence electrons. The molecule has 0 saturated carbocycles. The molecule has 0 atom stereocenters. The highest BCUT2D eigenvalue weighted by molar-refractivity contribution is 6.31. The van der Waals surface area contributed by atoms with Crippen LogP contribution in [0.2, 0.25) is 5.02 Å². The molecule has 0 bridgehead atoms. The number of nitrogens with one attached hydrogen (secondary N) is 1. The van der Waals surface area contributed by atoms with Gasteiger partial charge in [-0.05, 0) is 36.8 Å². The largest absolute Gasteiger partial charge is 0.478 e. The van der Waals surface area contributed by atoms with E-state index in [1.807, 2.05) is 0 Å². The Morgan fingerprint density at radius 3 is 2.64 bits per heavy atom. The Morgan fingerprint density at radius 1 is 1.28 bits per heavy atom.